The van der Waals surface area contributed by atoms with Crippen molar-refractivity contribution in [2.75, 3.05) is 18.9 Å². The topological polar surface area (TPSA) is 155 Å². The number of aliphatic hydroxyl groups is 2. The van der Waals surface area contributed by atoms with Gasteiger partial charge in [0.25, 0.3) is 0 Å². The number of phosphoric ester groups is 1. The van der Waals surface area contributed by atoms with Crippen molar-refractivity contribution >= 4 is 25.2 Å². The second-order valence-corrected chi connectivity index (χ2v) is 9.22. The van der Waals surface area contributed by atoms with Crippen LogP contribution in [0.5, 0.6) is 0 Å². The fraction of sp³-hybridized carbons (Fsp3) is 0.444. The largest absolute Gasteiger partial charge is 0.475 e. The highest BCUT2D eigenvalue weighted by Gasteiger charge is 2.46. The van der Waals surface area contributed by atoms with Crippen molar-refractivity contribution < 1.29 is 37.5 Å². The molecule has 2 aromatic rings. The Morgan fingerprint density at radius 2 is 2.12 bits per heavy atom. The van der Waals surface area contributed by atoms with Crippen molar-refractivity contribution in [1.82, 2.24) is 9.55 Å². The van der Waals surface area contributed by atoms with Crippen LogP contribution in [-0.4, -0.2) is 51.3 Å². The summed E-state index contributed by atoms with van der Waals surface area (Å²) in [6.45, 7) is -0.548. The van der Waals surface area contributed by atoms with E-state index in [1.165, 1.54) is 30.5 Å². The van der Waals surface area contributed by atoms with Gasteiger partial charge in [0.1, 0.15) is 29.9 Å². The third kappa shape index (κ3) is 4.59. The first-order valence-electron chi connectivity index (χ1n) is 9.56. The van der Waals surface area contributed by atoms with Gasteiger partial charge in [-0.3, -0.25) is 18.1 Å². The molecule has 1 unspecified atom stereocenters. The van der Waals surface area contributed by atoms with E-state index in [9.17, 15) is 24.0 Å². The van der Waals surface area contributed by atoms with Crippen LogP contribution >= 0.6 is 19.4 Å². The van der Waals surface area contributed by atoms with Crippen molar-refractivity contribution in [1.29, 1.82) is 0 Å². The van der Waals surface area contributed by atoms with Gasteiger partial charge >= 0.3 is 13.5 Å². The molecular weight excluding hydrogens is 472 g/mol. The van der Waals surface area contributed by atoms with E-state index in [1.807, 2.05) is 0 Å². The molecule has 0 amide bonds. The Balaban J connectivity index is 1.44. The number of benzene rings is 1. The molecular formula is C18H20ClFN3O8P. The highest BCUT2D eigenvalue weighted by Crippen LogP contribution is 2.57. The molecule has 11 nitrogen and oxygen atoms in total. The van der Waals surface area contributed by atoms with Crippen molar-refractivity contribution in [3.05, 3.63) is 57.3 Å². The van der Waals surface area contributed by atoms with Gasteiger partial charge in [-0.1, -0.05) is 23.7 Å². The highest BCUT2D eigenvalue weighted by atomic mass is 35.5. The van der Waals surface area contributed by atoms with Gasteiger partial charge in [-0.05, 0) is 12.1 Å². The smallest absolute Gasteiger partial charge is 0.387 e. The van der Waals surface area contributed by atoms with Crippen LogP contribution in [0, 0.1) is 5.82 Å². The number of nitrogen functional groups attached to an aromatic ring is 1. The van der Waals surface area contributed by atoms with Crippen LogP contribution in [0.1, 0.15) is 24.3 Å². The Morgan fingerprint density at radius 3 is 2.88 bits per heavy atom. The van der Waals surface area contributed by atoms with Gasteiger partial charge in [0, 0.05) is 18.2 Å². The monoisotopic (exact) mass is 491 g/mol. The summed E-state index contributed by atoms with van der Waals surface area (Å²) in [5, 5.41) is 20.5. The number of ether oxygens (including phenoxy) is 1. The van der Waals surface area contributed by atoms with Crippen molar-refractivity contribution in [3.8, 4) is 0 Å². The van der Waals surface area contributed by atoms with E-state index >= 15 is 0 Å². The Kier molecular flexibility index (Phi) is 6.66. The van der Waals surface area contributed by atoms with E-state index in [0.717, 1.165) is 4.57 Å². The quantitative estimate of drug-likeness (QED) is 0.524. The van der Waals surface area contributed by atoms with Crippen molar-refractivity contribution in [2.45, 2.75) is 37.1 Å². The van der Waals surface area contributed by atoms with Crippen molar-refractivity contribution in [3.63, 3.8) is 0 Å². The minimum absolute atomic E-state index is 0.0189. The summed E-state index contributed by atoms with van der Waals surface area (Å²) in [4.78, 5) is 15.5. The molecule has 2 fully saturated rings. The number of hydrogen-bond donors (Lipinski definition) is 3. The SMILES string of the molecule is Nc1ccn([C@@H]2OC(CO[P@]3(=O)OCC[C@H](c4cccc(Cl)c4F)O3)[C@@H](O)[C@@H]2O)c(=O)n1. The summed E-state index contributed by atoms with van der Waals surface area (Å²) in [5.41, 5.74) is 4.76. The van der Waals surface area contributed by atoms with Gasteiger partial charge in [0.2, 0.25) is 0 Å². The third-order valence-corrected chi connectivity index (χ3v) is 6.84. The summed E-state index contributed by atoms with van der Waals surface area (Å²) in [6, 6.07) is 5.68. The standard InChI is InChI=1S/C18H20ClFN3O8P/c19-10-3-1-2-9(14(10)20)11-5-7-28-32(27,31-11)29-8-12-15(24)16(25)17(30-12)23-6-4-13(21)22-18(23)26/h1-4,6,11-12,15-17,24-25H,5,7-8H2,(H2,21,22,26)/t11-,12?,15-,16+,17-,32+/m1/s1. The first-order chi connectivity index (χ1) is 15.2. The molecule has 1 aromatic heterocycles. The lowest BCUT2D eigenvalue weighted by molar-refractivity contribution is -0.0610. The molecule has 4 N–H and O–H groups in total. The average Bonchev–Trinajstić information content (AvgIpc) is 3.03. The van der Waals surface area contributed by atoms with Gasteiger partial charge in [0.15, 0.2) is 6.23 Å². The molecule has 3 heterocycles. The normalized spacial score (nSPS) is 32.8. The van der Waals surface area contributed by atoms with Crippen LogP contribution in [0.3, 0.4) is 0 Å². The lowest BCUT2D eigenvalue weighted by Gasteiger charge is -2.30. The number of rotatable bonds is 5. The predicted molar refractivity (Wildman–Crippen MR) is 108 cm³/mol. The second kappa shape index (κ2) is 9.16. The van der Waals surface area contributed by atoms with Crippen molar-refractivity contribution in [2.24, 2.45) is 0 Å². The van der Waals surface area contributed by atoms with Gasteiger partial charge in [-0.15, -0.1) is 0 Å². The first-order valence-corrected chi connectivity index (χ1v) is 11.4. The maximum Gasteiger partial charge on any atom is 0.475 e. The Bertz CT molecular complexity index is 1100. The molecule has 2 aliphatic heterocycles. The molecule has 0 bridgehead atoms. The second-order valence-electron chi connectivity index (χ2n) is 7.19. The van der Waals surface area contributed by atoms with Crippen LogP contribution in [0.15, 0.2) is 35.3 Å². The summed E-state index contributed by atoms with van der Waals surface area (Å²) in [6.07, 6.45) is -4.91. The van der Waals surface area contributed by atoms with E-state index < -0.39 is 56.6 Å². The predicted octanol–water partition coefficient (Wildman–Crippen LogP) is 1.54. The summed E-state index contributed by atoms with van der Waals surface area (Å²) in [5.74, 6) is -0.717. The van der Waals surface area contributed by atoms with E-state index in [1.54, 1.807) is 0 Å². The Hall–Kier alpha value is -1.89. The average molecular weight is 492 g/mol. The number of aliphatic hydroxyl groups excluding tert-OH is 2. The molecule has 174 valence electrons. The summed E-state index contributed by atoms with van der Waals surface area (Å²) >= 11 is 5.80. The van der Waals surface area contributed by atoms with E-state index in [4.69, 9.17) is 35.6 Å². The number of nitrogens with two attached hydrogens (primary N) is 1. The zero-order chi connectivity index (χ0) is 23.0. The molecule has 14 heteroatoms. The van der Waals surface area contributed by atoms with Crippen LogP contribution in [0.25, 0.3) is 0 Å². The third-order valence-electron chi connectivity index (χ3n) is 5.07. The first kappa shape index (κ1) is 23.3. The maximum absolute atomic E-state index is 14.3. The zero-order valence-corrected chi connectivity index (χ0v) is 18.1. The fourth-order valence-electron chi connectivity index (χ4n) is 3.44. The molecule has 0 radical (unpaired) electrons. The number of nitrogens with zero attached hydrogens (tertiary/aromatic N) is 2. The molecule has 2 aliphatic rings. The van der Waals surface area contributed by atoms with Crippen LogP contribution in [-0.2, 0) is 22.9 Å². The molecule has 2 saturated heterocycles. The molecule has 6 atom stereocenters. The molecule has 0 aliphatic carbocycles. The molecule has 0 saturated carbocycles. The van der Waals surface area contributed by atoms with E-state index in [-0.39, 0.29) is 29.4 Å². The van der Waals surface area contributed by atoms with Crippen LogP contribution in [0.2, 0.25) is 5.02 Å². The van der Waals surface area contributed by atoms with E-state index in [0.29, 0.717) is 0 Å². The maximum atomic E-state index is 14.3. The zero-order valence-electron chi connectivity index (χ0n) is 16.4. The van der Waals surface area contributed by atoms with E-state index in [2.05, 4.69) is 4.98 Å². The van der Waals surface area contributed by atoms with Gasteiger partial charge in [-0.2, -0.15) is 4.98 Å². The molecule has 0 spiro atoms. The molecule has 1 aromatic carbocycles. The Labute approximate surface area is 186 Å². The number of halogens is 2. The number of anilines is 1. The molecule has 32 heavy (non-hydrogen) atoms. The summed E-state index contributed by atoms with van der Waals surface area (Å²) < 4.78 is 49.5. The number of phosphoric acid groups is 1. The summed E-state index contributed by atoms with van der Waals surface area (Å²) in [7, 11) is -4.16. The number of aromatic nitrogens is 2. The lowest BCUT2D eigenvalue weighted by Crippen LogP contribution is -2.36. The number of hydrogen-bond acceptors (Lipinski definition) is 10. The van der Waals surface area contributed by atoms with Crippen LogP contribution < -0.4 is 11.4 Å². The minimum Gasteiger partial charge on any atom is -0.387 e. The minimum atomic E-state index is -4.16. The lowest BCUT2D eigenvalue weighted by atomic mass is 10.1. The van der Waals surface area contributed by atoms with Gasteiger partial charge < -0.3 is 20.7 Å². The molecule has 4 rings (SSSR count). The van der Waals surface area contributed by atoms with Gasteiger partial charge in [0.05, 0.1) is 24.3 Å². The highest BCUT2D eigenvalue weighted by molar-refractivity contribution is 7.48. The Morgan fingerprint density at radius 1 is 1.34 bits per heavy atom. The van der Waals surface area contributed by atoms with Crippen LogP contribution in [0.4, 0.5) is 10.2 Å². The fourth-order valence-corrected chi connectivity index (χ4v) is 5.01. The van der Waals surface area contributed by atoms with Gasteiger partial charge in [-0.25, -0.2) is 13.8 Å².